The van der Waals surface area contributed by atoms with E-state index in [1.54, 1.807) is 0 Å². The van der Waals surface area contributed by atoms with E-state index in [9.17, 15) is 15.0 Å². The largest absolute Gasteiger partial charge is 0.467 e. The van der Waals surface area contributed by atoms with Gasteiger partial charge in [0.2, 0.25) is 0 Å². The molecule has 2 N–H and O–H groups in total. The van der Waals surface area contributed by atoms with Crippen LogP contribution in [0.2, 0.25) is 0 Å². The van der Waals surface area contributed by atoms with Crippen LogP contribution >= 0.6 is 0 Å². The van der Waals surface area contributed by atoms with E-state index in [0.29, 0.717) is 24.4 Å². The van der Waals surface area contributed by atoms with Crippen molar-refractivity contribution in [2.75, 3.05) is 20.3 Å². The van der Waals surface area contributed by atoms with E-state index >= 15 is 0 Å². The highest BCUT2D eigenvalue weighted by molar-refractivity contribution is 5.70. The van der Waals surface area contributed by atoms with E-state index in [4.69, 9.17) is 4.74 Å². The number of hydrogen-bond acceptors (Lipinski definition) is 5. The predicted molar refractivity (Wildman–Crippen MR) is 101 cm³/mol. The first-order chi connectivity index (χ1) is 12.5. The quantitative estimate of drug-likeness (QED) is 0.333. The molecule has 5 nitrogen and oxygen atoms in total. The van der Waals surface area contributed by atoms with Gasteiger partial charge >= 0.3 is 5.97 Å². The number of ether oxygens (including phenoxy) is 2. The topological polar surface area (TPSA) is 76.0 Å². The Bertz CT molecular complexity index is 450. The summed E-state index contributed by atoms with van der Waals surface area (Å²) in [6.07, 6.45) is 11.5. The molecule has 5 heteroatoms. The van der Waals surface area contributed by atoms with Gasteiger partial charge in [-0.15, -0.1) is 0 Å². The van der Waals surface area contributed by atoms with Crippen molar-refractivity contribution in [3.05, 3.63) is 12.2 Å². The summed E-state index contributed by atoms with van der Waals surface area (Å²) in [5.41, 5.74) is 0. The van der Waals surface area contributed by atoms with E-state index in [0.717, 1.165) is 51.4 Å². The van der Waals surface area contributed by atoms with Crippen molar-refractivity contribution < 1.29 is 24.5 Å². The lowest BCUT2D eigenvalue weighted by Gasteiger charge is -2.19. The van der Waals surface area contributed by atoms with Crippen LogP contribution in [0.4, 0.5) is 0 Å². The zero-order valence-electron chi connectivity index (χ0n) is 16.3. The standard InChI is InChI=1S/C21H36O5/c1-3-4-5-6-17(22)7-8-18-19-12-15(11-16(19)13-20(18)23)9-10-26-14-21(24)25-2/h7-8,15-20,22-23H,3-6,9-14H2,1-2H3/t15?,16-,17?,18-,19+,20-/m0/s1. The lowest BCUT2D eigenvalue weighted by molar-refractivity contribution is -0.146. The zero-order chi connectivity index (χ0) is 18.9. The van der Waals surface area contributed by atoms with E-state index < -0.39 is 6.10 Å². The third-order valence-electron chi connectivity index (χ3n) is 6.11. The van der Waals surface area contributed by atoms with E-state index in [1.807, 2.05) is 6.08 Å². The summed E-state index contributed by atoms with van der Waals surface area (Å²) < 4.78 is 9.94. The van der Waals surface area contributed by atoms with Crippen LogP contribution in [-0.4, -0.2) is 48.7 Å². The minimum atomic E-state index is -0.392. The molecular weight excluding hydrogens is 332 g/mol. The molecule has 0 aromatic heterocycles. The van der Waals surface area contributed by atoms with Gasteiger partial charge in [-0.25, -0.2) is 4.79 Å². The first-order valence-electron chi connectivity index (χ1n) is 10.2. The van der Waals surface area contributed by atoms with Crippen molar-refractivity contribution in [3.63, 3.8) is 0 Å². The molecule has 6 atom stereocenters. The molecule has 2 aliphatic rings. The molecule has 2 rings (SSSR count). The second kappa shape index (κ2) is 11.1. The number of aliphatic hydroxyl groups is 2. The van der Waals surface area contributed by atoms with Crippen molar-refractivity contribution >= 4 is 5.97 Å². The molecule has 150 valence electrons. The SMILES string of the molecule is CCCCCC(O)C=C[C@H]1[C@@H]2CC(CCOCC(=O)OC)C[C@H]2C[C@@H]1O. The van der Waals surface area contributed by atoms with Crippen LogP contribution in [-0.2, 0) is 14.3 Å². The fourth-order valence-corrected chi connectivity index (χ4v) is 4.70. The fraction of sp³-hybridized carbons (Fsp3) is 0.857. The average Bonchev–Trinajstić information content (AvgIpc) is 3.13. The van der Waals surface area contributed by atoms with Crippen LogP contribution < -0.4 is 0 Å². The van der Waals surface area contributed by atoms with Crippen molar-refractivity contribution in [1.29, 1.82) is 0 Å². The Labute approximate surface area is 157 Å². The maximum Gasteiger partial charge on any atom is 0.331 e. The minimum absolute atomic E-state index is 0.0239. The van der Waals surface area contributed by atoms with Gasteiger partial charge < -0.3 is 19.7 Å². The van der Waals surface area contributed by atoms with Gasteiger partial charge in [0.15, 0.2) is 0 Å². The molecule has 2 aliphatic carbocycles. The van der Waals surface area contributed by atoms with Crippen LogP contribution in [0.5, 0.6) is 0 Å². The molecule has 2 saturated carbocycles. The second-order valence-corrected chi connectivity index (χ2v) is 8.01. The summed E-state index contributed by atoms with van der Waals surface area (Å²) in [5, 5.41) is 20.5. The Hall–Kier alpha value is -0.910. The van der Waals surface area contributed by atoms with Gasteiger partial charge in [-0.2, -0.15) is 0 Å². The molecule has 2 unspecified atom stereocenters. The third kappa shape index (κ3) is 6.36. The summed E-state index contributed by atoms with van der Waals surface area (Å²) in [6.45, 7) is 2.77. The Morgan fingerprint density at radius 1 is 1.27 bits per heavy atom. The number of unbranched alkanes of at least 4 members (excludes halogenated alkanes) is 2. The van der Waals surface area contributed by atoms with Crippen LogP contribution in [0.1, 0.15) is 58.3 Å². The minimum Gasteiger partial charge on any atom is -0.467 e. The Morgan fingerprint density at radius 2 is 2.08 bits per heavy atom. The van der Waals surface area contributed by atoms with Gasteiger partial charge in [0.1, 0.15) is 6.61 Å². The number of carbonyl (C=O) groups excluding carboxylic acids is 1. The van der Waals surface area contributed by atoms with Crippen LogP contribution in [0.25, 0.3) is 0 Å². The molecular formula is C21H36O5. The molecule has 0 aromatic rings. The maximum atomic E-state index is 11.1. The van der Waals surface area contributed by atoms with Gasteiger partial charge in [-0.05, 0) is 49.9 Å². The van der Waals surface area contributed by atoms with Gasteiger partial charge in [-0.3, -0.25) is 0 Å². The lowest BCUT2D eigenvalue weighted by atomic mass is 9.89. The molecule has 0 radical (unpaired) electrons. The highest BCUT2D eigenvalue weighted by Crippen LogP contribution is 2.51. The van der Waals surface area contributed by atoms with Crippen molar-refractivity contribution in [1.82, 2.24) is 0 Å². The van der Waals surface area contributed by atoms with Gasteiger partial charge in [-0.1, -0.05) is 38.3 Å². The number of rotatable bonds is 11. The fourth-order valence-electron chi connectivity index (χ4n) is 4.70. The summed E-state index contributed by atoms with van der Waals surface area (Å²) >= 11 is 0. The molecule has 0 saturated heterocycles. The van der Waals surface area contributed by atoms with E-state index in [1.165, 1.54) is 7.11 Å². The summed E-state index contributed by atoms with van der Waals surface area (Å²) in [4.78, 5) is 11.1. The number of fused-ring (bicyclic) bond motifs is 1. The highest BCUT2D eigenvalue weighted by Gasteiger charge is 2.46. The number of esters is 1. The van der Waals surface area contributed by atoms with Crippen molar-refractivity contribution in [3.8, 4) is 0 Å². The zero-order valence-corrected chi connectivity index (χ0v) is 16.3. The van der Waals surface area contributed by atoms with Gasteiger partial charge in [0.05, 0.1) is 19.3 Å². The summed E-state index contributed by atoms with van der Waals surface area (Å²) in [6, 6.07) is 0. The van der Waals surface area contributed by atoms with Gasteiger partial charge in [0.25, 0.3) is 0 Å². The molecule has 0 bridgehead atoms. The Morgan fingerprint density at radius 3 is 2.81 bits per heavy atom. The van der Waals surface area contributed by atoms with E-state index in [2.05, 4.69) is 17.7 Å². The molecule has 2 fully saturated rings. The van der Waals surface area contributed by atoms with Crippen molar-refractivity contribution in [2.45, 2.75) is 70.5 Å². The average molecular weight is 369 g/mol. The highest BCUT2D eigenvalue weighted by atomic mass is 16.6. The second-order valence-electron chi connectivity index (χ2n) is 8.01. The summed E-state index contributed by atoms with van der Waals surface area (Å²) in [7, 11) is 1.36. The normalized spacial score (nSPS) is 32.1. The molecule has 0 spiro atoms. The van der Waals surface area contributed by atoms with Crippen molar-refractivity contribution in [2.24, 2.45) is 23.7 Å². The van der Waals surface area contributed by atoms with Crippen LogP contribution in [0.3, 0.4) is 0 Å². The maximum absolute atomic E-state index is 11.1. The molecule has 0 heterocycles. The Kier molecular flexibility index (Phi) is 9.09. The molecule has 0 aromatic carbocycles. The Balaban J connectivity index is 1.74. The van der Waals surface area contributed by atoms with Crippen LogP contribution in [0, 0.1) is 23.7 Å². The van der Waals surface area contributed by atoms with Gasteiger partial charge in [0, 0.05) is 12.5 Å². The lowest BCUT2D eigenvalue weighted by Crippen LogP contribution is -2.18. The number of carbonyl (C=O) groups is 1. The monoisotopic (exact) mass is 368 g/mol. The number of methoxy groups -OCH3 is 1. The molecule has 0 aliphatic heterocycles. The van der Waals surface area contributed by atoms with E-state index in [-0.39, 0.29) is 24.6 Å². The molecule has 0 amide bonds. The molecule has 26 heavy (non-hydrogen) atoms. The predicted octanol–water partition coefficient (Wildman–Crippen LogP) is 3.09. The first kappa shape index (κ1) is 21.4. The third-order valence-corrected chi connectivity index (χ3v) is 6.11. The summed E-state index contributed by atoms with van der Waals surface area (Å²) in [5.74, 6) is 1.51. The number of aliphatic hydroxyl groups excluding tert-OH is 2. The first-order valence-corrected chi connectivity index (χ1v) is 10.2. The smallest absolute Gasteiger partial charge is 0.331 e. The van der Waals surface area contributed by atoms with Crippen LogP contribution in [0.15, 0.2) is 12.2 Å². The number of hydrogen-bond donors (Lipinski definition) is 2.